The molecule has 0 saturated heterocycles. The van der Waals surface area contributed by atoms with Gasteiger partial charge in [0.05, 0.1) is 5.69 Å². The fourth-order valence-electron chi connectivity index (χ4n) is 15.0. The molecule has 0 saturated carbocycles. The molecule has 4 heteroatoms. The lowest BCUT2D eigenvalue weighted by Crippen LogP contribution is -2.24. The number of furan rings is 3. The molecular weight excluding hydrogens is 963 g/mol. The molecule has 0 amide bonds. The Morgan fingerprint density at radius 2 is 0.797 bits per heavy atom. The maximum atomic E-state index is 7.04. The zero-order chi connectivity index (χ0) is 52.8. The van der Waals surface area contributed by atoms with Crippen molar-refractivity contribution in [3.8, 4) is 55.6 Å². The molecule has 4 nitrogen and oxygen atoms in total. The van der Waals surface area contributed by atoms with Gasteiger partial charge in [0.2, 0.25) is 0 Å². The van der Waals surface area contributed by atoms with Crippen LogP contribution < -0.4 is 4.90 Å². The molecule has 3 aliphatic carbocycles. The Morgan fingerprint density at radius 3 is 1.51 bits per heavy atom. The number of nitrogens with zero attached hydrogens (tertiary/aromatic N) is 1. The quantitative estimate of drug-likeness (QED) is 0.172. The molecule has 3 aromatic heterocycles. The predicted molar refractivity (Wildman–Crippen MR) is 327 cm³/mol. The van der Waals surface area contributed by atoms with Crippen LogP contribution in [0.1, 0.15) is 74.9 Å². The summed E-state index contributed by atoms with van der Waals surface area (Å²) in [5.41, 5.74) is 27.8. The average molecular weight is 1020 g/mol. The lowest BCUT2D eigenvalue weighted by Gasteiger charge is -2.32. The van der Waals surface area contributed by atoms with Crippen LogP contribution in [0.5, 0.6) is 0 Å². The molecule has 0 N–H and O–H groups in total. The second kappa shape index (κ2) is 15.4. The number of fused-ring (bicyclic) bond motifs is 22. The van der Waals surface area contributed by atoms with Gasteiger partial charge in [-0.25, -0.2) is 0 Å². The van der Waals surface area contributed by atoms with Crippen molar-refractivity contribution in [2.75, 3.05) is 4.90 Å². The number of hydrogen-bond acceptors (Lipinski definition) is 4. The van der Waals surface area contributed by atoms with Crippen LogP contribution in [0.15, 0.2) is 226 Å². The number of benzene rings is 11. The van der Waals surface area contributed by atoms with E-state index >= 15 is 0 Å². The summed E-state index contributed by atoms with van der Waals surface area (Å²) in [5.74, 6) is 0. The van der Waals surface area contributed by atoms with E-state index < -0.39 is 5.41 Å². The zero-order valence-electron chi connectivity index (χ0n) is 44.9. The SMILES string of the molecule is CC1(C)c2cc(N(c3ccc4c(c3)C(C)(C)c3c5c(c6oc7ccccc7c6c3-4)-c3ccccc3C5(C)C)c3ccccc3-c3ccccc3)ccc2-c2c1cc(-c1cccc3oc4ccccc4c13)c1oc3ccccc3c21. The topological polar surface area (TPSA) is 42.7 Å². The van der Waals surface area contributed by atoms with Gasteiger partial charge in [-0.1, -0.05) is 193 Å². The van der Waals surface area contributed by atoms with Crippen LogP contribution >= 0.6 is 0 Å². The molecule has 376 valence electrons. The molecule has 0 aliphatic heterocycles. The fourth-order valence-corrected chi connectivity index (χ4v) is 15.0. The van der Waals surface area contributed by atoms with Crippen LogP contribution in [0.2, 0.25) is 0 Å². The number of anilines is 3. The normalized spacial score (nSPS) is 15.0. The van der Waals surface area contributed by atoms with Crippen LogP contribution in [0.4, 0.5) is 17.1 Å². The molecule has 11 aromatic carbocycles. The Labute approximate surface area is 457 Å². The van der Waals surface area contributed by atoms with E-state index in [9.17, 15) is 0 Å². The van der Waals surface area contributed by atoms with E-state index in [1.807, 2.05) is 6.07 Å². The third kappa shape index (κ3) is 5.78. The minimum atomic E-state index is -0.399. The molecule has 3 heterocycles. The van der Waals surface area contributed by atoms with Gasteiger partial charge in [-0.3, -0.25) is 0 Å². The molecule has 0 bridgehead atoms. The summed E-state index contributed by atoms with van der Waals surface area (Å²) in [6.45, 7) is 14.5. The Kier molecular flexibility index (Phi) is 8.73. The van der Waals surface area contributed by atoms with Crippen LogP contribution in [0.3, 0.4) is 0 Å². The lowest BCUT2D eigenvalue weighted by atomic mass is 9.72. The Balaban J connectivity index is 0.900. The summed E-state index contributed by atoms with van der Waals surface area (Å²) in [7, 11) is 0. The van der Waals surface area contributed by atoms with Gasteiger partial charge in [-0.2, -0.15) is 0 Å². The summed E-state index contributed by atoms with van der Waals surface area (Å²) >= 11 is 0. The highest BCUT2D eigenvalue weighted by Crippen LogP contribution is 2.64. The highest BCUT2D eigenvalue weighted by Gasteiger charge is 2.49. The van der Waals surface area contributed by atoms with Crippen LogP contribution in [-0.2, 0) is 16.2 Å². The molecule has 0 fully saturated rings. The second-order valence-corrected chi connectivity index (χ2v) is 23.8. The maximum Gasteiger partial charge on any atom is 0.144 e. The maximum absolute atomic E-state index is 7.04. The molecule has 14 aromatic rings. The number of hydrogen-bond donors (Lipinski definition) is 0. The van der Waals surface area contributed by atoms with Crippen molar-refractivity contribution in [3.05, 3.63) is 246 Å². The van der Waals surface area contributed by atoms with Gasteiger partial charge in [-0.15, -0.1) is 0 Å². The molecule has 79 heavy (non-hydrogen) atoms. The van der Waals surface area contributed by atoms with Crippen molar-refractivity contribution in [2.45, 2.75) is 57.8 Å². The van der Waals surface area contributed by atoms with E-state index in [0.717, 1.165) is 94.2 Å². The summed E-state index contributed by atoms with van der Waals surface area (Å²) in [5, 5.41) is 6.83. The van der Waals surface area contributed by atoms with E-state index in [1.54, 1.807) is 0 Å². The third-order valence-corrected chi connectivity index (χ3v) is 18.6. The van der Waals surface area contributed by atoms with E-state index in [1.165, 1.54) is 77.7 Å². The van der Waals surface area contributed by atoms with Crippen LogP contribution in [0, 0.1) is 0 Å². The van der Waals surface area contributed by atoms with Crippen molar-refractivity contribution >= 4 is 82.9 Å². The molecular formula is C75H53NO3. The summed E-state index contributed by atoms with van der Waals surface area (Å²) < 4.78 is 20.6. The zero-order valence-corrected chi connectivity index (χ0v) is 44.9. The van der Waals surface area contributed by atoms with E-state index in [-0.39, 0.29) is 10.8 Å². The first-order valence-electron chi connectivity index (χ1n) is 27.7. The predicted octanol–water partition coefficient (Wildman–Crippen LogP) is 21.1. The first-order chi connectivity index (χ1) is 38.5. The Bertz CT molecular complexity index is 5000. The minimum Gasteiger partial charge on any atom is -0.456 e. The van der Waals surface area contributed by atoms with Crippen LogP contribution in [-0.4, -0.2) is 0 Å². The summed E-state index contributed by atoms with van der Waals surface area (Å²) in [4.78, 5) is 2.52. The van der Waals surface area contributed by atoms with E-state index in [4.69, 9.17) is 13.3 Å². The van der Waals surface area contributed by atoms with Crippen molar-refractivity contribution in [2.24, 2.45) is 0 Å². The Hall–Kier alpha value is -9.38. The van der Waals surface area contributed by atoms with Crippen LogP contribution in [0.25, 0.3) is 121 Å². The van der Waals surface area contributed by atoms with Gasteiger partial charge in [-0.05, 0) is 133 Å². The smallest absolute Gasteiger partial charge is 0.144 e. The van der Waals surface area contributed by atoms with Gasteiger partial charge in [0.25, 0.3) is 0 Å². The summed E-state index contributed by atoms with van der Waals surface area (Å²) in [6.07, 6.45) is 0. The third-order valence-electron chi connectivity index (χ3n) is 18.6. The largest absolute Gasteiger partial charge is 0.456 e. The van der Waals surface area contributed by atoms with Crippen molar-refractivity contribution in [1.29, 1.82) is 0 Å². The molecule has 0 spiro atoms. The Morgan fingerprint density at radius 1 is 0.304 bits per heavy atom. The fraction of sp³-hybridized carbons (Fsp3) is 0.120. The lowest BCUT2D eigenvalue weighted by molar-refractivity contribution is 0.600. The number of para-hydroxylation sites is 4. The molecule has 0 unspecified atom stereocenters. The van der Waals surface area contributed by atoms with E-state index in [2.05, 4.69) is 253 Å². The monoisotopic (exact) mass is 1020 g/mol. The van der Waals surface area contributed by atoms with E-state index in [0.29, 0.717) is 0 Å². The average Bonchev–Trinajstić information content (AvgIpc) is 2.27. The highest BCUT2D eigenvalue weighted by molar-refractivity contribution is 6.23. The minimum absolute atomic E-state index is 0.253. The van der Waals surface area contributed by atoms with Gasteiger partial charge in [0, 0.05) is 76.6 Å². The molecule has 3 aliphatic rings. The van der Waals surface area contributed by atoms with Gasteiger partial charge < -0.3 is 18.2 Å². The van der Waals surface area contributed by atoms with Crippen molar-refractivity contribution in [1.82, 2.24) is 0 Å². The van der Waals surface area contributed by atoms with Crippen molar-refractivity contribution < 1.29 is 13.3 Å². The van der Waals surface area contributed by atoms with Crippen molar-refractivity contribution in [3.63, 3.8) is 0 Å². The summed E-state index contributed by atoms with van der Waals surface area (Å²) in [6, 6.07) is 77.7. The number of rotatable bonds is 5. The first-order valence-corrected chi connectivity index (χ1v) is 27.7. The first kappa shape index (κ1) is 44.7. The molecule has 0 atom stereocenters. The second-order valence-electron chi connectivity index (χ2n) is 23.8. The standard InChI is InChI=1S/C75H53NO3/c1-73(2)55-39-43(35-37-48(55)64-57(73)41-53(71-66(64)51-26-13-18-32-60(51)78-71)46-28-20-34-62-63(46)50-25-12-17-31-59(50)77-62)76(58-30-16-11-23-45(58)42-21-8-7-9-22-42)44-36-38-49-56(40-44)75(5,6)69-65(49)67-52-27-14-19-33-61(52)79-72(67)68-47-24-10-15-29-54(47)74(3,4)70(68)69/h7-41H,1-6H3. The highest BCUT2D eigenvalue weighted by atomic mass is 16.3. The molecule has 17 rings (SSSR count). The van der Waals surface area contributed by atoms with Gasteiger partial charge in [0.15, 0.2) is 0 Å². The van der Waals surface area contributed by atoms with Gasteiger partial charge >= 0.3 is 0 Å². The van der Waals surface area contributed by atoms with Gasteiger partial charge in [0.1, 0.15) is 33.5 Å². The molecule has 0 radical (unpaired) electrons.